The van der Waals surface area contributed by atoms with Crippen molar-refractivity contribution >= 4 is 23.2 Å². The van der Waals surface area contributed by atoms with Crippen molar-refractivity contribution < 1.29 is 19.1 Å². The van der Waals surface area contributed by atoms with Crippen LogP contribution < -0.4 is 14.8 Å². The van der Waals surface area contributed by atoms with Crippen molar-refractivity contribution in [2.75, 3.05) is 14.2 Å². The van der Waals surface area contributed by atoms with Gasteiger partial charge in [-0.25, -0.2) is 0 Å². The Morgan fingerprint density at radius 2 is 1.74 bits per heavy atom. The van der Waals surface area contributed by atoms with E-state index in [1.165, 1.54) is 0 Å². The van der Waals surface area contributed by atoms with Crippen LogP contribution in [0.5, 0.6) is 11.5 Å². The number of methoxy groups -OCH3 is 2. The fourth-order valence-electron chi connectivity index (χ4n) is 4.55. The van der Waals surface area contributed by atoms with E-state index in [0.29, 0.717) is 12.3 Å². The lowest BCUT2D eigenvalue weighted by molar-refractivity contribution is -0.141. The SMILES string of the molecule is COc1ccc(CN(C(=O)Cc2cccs2)C(C(=O)NC2CCCC2)c2cccc(OC)c2)cc1. The van der Waals surface area contributed by atoms with Crippen LogP contribution in [0.1, 0.15) is 47.7 Å². The van der Waals surface area contributed by atoms with E-state index < -0.39 is 6.04 Å². The first-order chi connectivity index (χ1) is 17.1. The second-order valence-corrected chi connectivity index (χ2v) is 9.83. The number of amides is 2. The largest absolute Gasteiger partial charge is 0.497 e. The van der Waals surface area contributed by atoms with Crippen molar-refractivity contribution in [3.63, 3.8) is 0 Å². The molecule has 1 unspecified atom stereocenters. The number of nitrogens with one attached hydrogen (secondary N) is 1. The van der Waals surface area contributed by atoms with Crippen LogP contribution in [-0.4, -0.2) is 37.0 Å². The summed E-state index contributed by atoms with van der Waals surface area (Å²) in [6, 6.07) is 18.3. The first-order valence-electron chi connectivity index (χ1n) is 12.0. The maximum Gasteiger partial charge on any atom is 0.247 e. The Labute approximate surface area is 210 Å². The molecule has 0 saturated heterocycles. The molecule has 0 bridgehead atoms. The van der Waals surface area contributed by atoms with Crippen LogP contribution in [0.25, 0.3) is 0 Å². The van der Waals surface area contributed by atoms with Crippen LogP contribution in [0.3, 0.4) is 0 Å². The molecular formula is C28H32N2O4S. The van der Waals surface area contributed by atoms with Gasteiger partial charge in [0, 0.05) is 17.5 Å². The Kier molecular flexibility index (Phi) is 8.42. The first kappa shape index (κ1) is 24.8. The van der Waals surface area contributed by atoms with E-state index in [4.69, 9.17) is 9.47 Å². The molecule has 1 aliphatic carbocycles. The molecule has 1 aromatic heterocycles. The van der Waals surface area contributed by atoms with E-state index in [1.807, 2.05) is 66.0 Å². The molecule has 1 N–H and O–H groups in total. The molecule has 7 heteroatoms. The zero-order chi connectivity index (χ0) is 24.6. The van der Waals surface area contributed by atoms with Gasteiger partial charge >= 0.3 is 0 Å². The van der Waals surface area contributed by atoms with Gasteiger partial charge < -0.3 is 19.7 Å². The van der Waals surface area contributed by atoms with Gasteiger partial charge in [0.1, 0.15) is 17.5 Å². The second kappa shape index (κ2) is 11.9. The van der Waals surface area contributed by atoms with Gasteiger partial charge in [0.05, 0.1) is 20.6 Å². The number of carbonyl (C=O) groups is 2. The van der Waals surface area contributed by atoms with Gasteiger partial charge in [-0.15, -0.1) is 11.3 Å². The minimum Gasteiger partial charge on any atom is -0.497 e. The lowest BCUT2D eigenvalue weighted by Crippen LogP contribution is -2.46. The lowest BCUT2D eigenvalue weighted by atomic mass is 10.0. The molecule has 0 spiro atoms. The van der Waals surface area contributed by atoms with E-state index in [1.54, 1.807) is 30.5 Å². The van der Waals surface area contributed by atoms with Gasteiger partial charge in [-0.2, -0.15) is 0 Å². The third kappa shape index (κ3) is 6.42. The van der Waals surface area contributed by atoms with E-state index in [9.17, 15) is 9.59 Å². The molecule has 184 valence electrons. The molecule has 1 atom stereocenters. The predicted molar refractivity (Wildman–Crippen MR) is 138 cm³/mol. The summed E-state index contributed by atoms with van der Waals surface area (Å²) in [6.07, 6.45) is 4.41. The topological polar surface area (TPSA) is 67.9 Å². The zero-order valence-corrected chi connectivity index (χ0v) is 21.1. The fraction of sp³-hybridized carbons (Fsp3) is 0.357. The van der Waals surface area contributed by atoms with Crippen molar-refractivity contribution in [2.45, 2.75) is 50.7 Å². The minimum absolute atomic E-state index is 0.0994. The van der Waals surface area contributed by atoms with Crippen LogP contribution >= 0.6 is 11.3 Å². The number of nitrogens with zero attached hydrogens (tertiary/aromatic N) is 1. The molecule has 4 rings (SSSR count). The van der Waals surface area contributed by atoms with Crippen LogP contribution in [-0.2, 0) is 22.6 Å². The zero-order valence-electron chi connectivity index (χ0n) is 20.2. The molecular weight excluding hydrogens is 460 g/mol. The highest BCUT2D eigenvalue weighted by molar-refractivity contribution is 7.10. The number of hydrogen-bond donors (Lipinski definition) is 1. The number of carbonyl (C=O) groups excluding carboxylic acids is 2. The highest BCUT2D eigenvalue weighted by Crippen LogP contribution is 2.29. The molecule has 0 radical (unpaired) electrons. The quantitative estimate of drug-likeness (QED) is 0.426. The number of ether oxygens (including phenoxy) is 2. The molecule has 1 aliphatic rings. The average molecular weight is 493 g/mol. The fourth-order valence-corrected chi connectivity index (χ4v) is 5.25. The molecule has 3 aromatic rings. The molecule has 6 nitrogen and oxygen atoms in total. The van der Waals surface area contributed by atoms with E-state index in [0.717, 1.165) is 47.4 Å². The molecule has 1 saturated carbocycles. The van der Waals surface area contributed by atoms with Gasteiger partial charge in [0.15, 0.2) is 0 Å². The first-order valence-corrected chi connectivity index (χ1v) is 12.8. The average Bonchev–Trinajstić information content (AvgIpc) is 3.59. The van der Waals surface area contributed by atoms with Gasteiger partial charge in [-0.1, -0.05) is 43.2 Å². The van der Waals surface area contributed by atoms with Crippen LogP contribution in [0.15, 0.2) is 66.0 Å². The Morgan fingerprint density at radius 3 is 2.40 bits per heavy atom. The molecule has 2 aromatic carbocycles. The summed E-state index contributed by atoms with van der Waals surface area (Å²) >= 11 is 1.54. The van der Waals surface area contributed by atoms with Crippen molar-refractivity contribution in [1.82, 2.24) is 10.2 Å². The number of hydrogen-bond acceptors (Lipinski definition) is 5. The third-order valence-electron chi connectivity index (χ3n) is 6.41. The monoisotopic (exact) mass is 492 g/mol. The van der Waals surface area contributed by atoms with E-state index in [-0.39, 0.29) is 24.3 Å². The highest BCUT2D eigenvalue weighted by atomic mass is 32.1. The summed E-state index contributed by atoms with van der Waals surface area (Å²) in [5.41, 5.74) is 1.65. The minimum atomic E-state index is -0.778. The van der Waals surface area contributed by atoms with Crippen molar-refractivity contribution in [3.8, 4) is 11.5 Å². The molecule has 0 aliphatic heterocycles. The maximum atomic E-state index is 13.8. The second-order valence-electron chi connectivity index (χ2n) is 8.79. The molecule has 1 fully saturated rings. The Balaban J connectivity index is 1.71. The summed E-state index contributed by atoms with van der Waals surface area (Å²) in [6.45, 7) is 0.300. The van der Waals surface area contributed by atoms with E-state index >= 15 is 0 Å². The summed E-state index contributed by atoms with van der Waals surface area (Å²) in [5, 5.41) is 5.18. The van der Waals surface area contributed by atoms with Crippen molar-refractivity contribution in [1.29, 1.82) is 0 Å². The van der Waals surface area contributed by atoms with Crippen LogP contribution in [0.2, 0.25) is 0 Å². The van der Waals surface area contributed by atoms with Gasteiger partial charge in [0.2, 0.25) is 11.8 Å². The number of rotatable bonds is 10. The normalized spacial score (nSPS) is 14.3. The van der Waals surface area contributed by atoms with Gasteiger partial charge in [-0.05, 0) is 59.7 Å². The number of thiophene rings is 1. The number of benzene rings is 2. The highest BCUT2D eigenvalue weighted by Gasteiger charge is 2.33. The predicted octanol–water partition coefficient (Wildman–Crippen LogP) is 5.14. The van der Waals surface area contributed by atoms with Crippen molar-refractivity contribution in [2.24, 2.45) is 0 Å². The standard InChI is InChI=1S/C28H32N2O4S/c1-33-23-14-12-20(13-15-23)19-30(26(31)18-25-11-6-16-35-25)27(21-7-5-10-24(17-21)34-2)28(32)29-22-8-3-4-9-22/h5-7,10-17,22,27H,3-4,8-9,18-19H2,1-2H3,(H,29,32). The Bertz CT molecular complexity index is 1110. The third-order valence-corrected chi connectivity index (χ3v) is 7.29. The smallest absolute Gasteiger partial charge is 0.247 e. The summed E-state index contributed by atoms with van der Waals surface area (Å²) in [7, 11) is 3.22. The summed E-state index contributed by atoms with van der Waals surface area (Å²) in [5.74, 6) is 1.14. The van der Waals surface area contributed by atoms with Gasteiger partial charge in [0.25, 0.3) is 0 Å². The van der Waals surface area contributed by atoms with Gasteiger partial charge in [-0.3, -0.25) is 9.59 Å². The Morgan fingerprint density at radius 1 is 1.00 bits per heavy atom. The van der Waals surface area contributed by atoms with Crippen LogP contribution in [0.4, 0.5) is 0 Å². The molecule has 1 heterocycles. The molecule has 2 amide bonds. The van der Waals surface area contributed by atoms with Crippen molar-refractivity contribution in [3.05, 3.63) is 82.0 Å². The summed E-state index contributed by atoms with van der Waals surface area (Å²) in [4.78, 5) is 30.2. The maximum absolute atomic E-state index is 13.8. The summed E-state index contributed by atoms with van der Waals surface area (Å²) < 4.78 is 10.7. The molecule has 35 heavy (non-hydrogen) atoms. The van der Waals surface area contributed by atoms with Crippen LogP contribution in [0, 0.1) is 0 Å². The van der Waals surface area contributed by atoms with E-state index in [2.05, 4.69) is 5.32 Å². The lowest BCUT2D eigenvalue weighted by Gasteiger charge is -2.32. The Hall–Kier alpha value is -3.32.